The summed E-state index contributed by atoms with van der Waals surface area (Å²) in [6.45, 7) is 4.42. The van der Waals surface area contributed by atoms with Gasteiger partial charge < -0.3 is 20.6 Å². The number of aliphatic hydroxyl groups excluding tert-OH is 1. The highest BCUT2D eigenvalue weighted by Crippen LogP contribution is 2.22. The van der Waals surface area contributed by atoms with Crippen LogP contribution in [0.3, 0.4) is 0 Å². The molecule has 2 amide bonds. The van der Waals surface area contributed by atoms with Gasteiger partial charge in [-0.25, -0.2) is 0 Å². The van der Waals surface area contributed by atoms with Gasteiger partial charge in [-0.15, -0.1) is 0 Å². The average molecular weight is 425 g/mol. The summed E-state index contributed by atoms with van der Waals surface area (Å²) >= 11 is 0. The van der Waals surface area contributed by atoms with E-state index < -0.39 is 0 Å². The molecule has 2 aromatic carbocycles. The quantitative estimate of drug-likeness (QED) is 0.702. The summed E-state index contributed by atoms with van der Waals surface area (Å²) in [6, 6.07) is 15.7. The molecule has 166 valence electrons. The van der Waals surface area contributed by atoms with Crippen LogP contribution in [-0.2, 0) is 11.3 Å². The van der Waals surface area contributed by atoms with Crippen LogP contribution in [0.5, 0.6) is 0 Å². The molecule has 1 aliphatic rings. The van der Waals surface area contributed by atoms with Crippen LogP contribution >= 0.6 is 0 Å². The summed E-state index contributed by atoms with van der Waals surface area (Å²) in [6.07, 6.45) is 0.914. The van der Waals surface area contributed by atoms with E-state index in [1.165, 1.54) is 0 Å². The predicted octanol–water partition coefficient (Wildman–Crippen LogP) is 1.41. The molecule has 1 saturated heterocycles. The maximum absolute atomic E-state index is 12.9. The first-order chi connectivity index (χ1) is 15.0. The van der Waals surface area contributed by atoms with Gasteiger partial charge in [0.15, 0.2) is 0 Å². The van der Waals surface area contributed by atoms with E-state index in [2.05, 4.69) is 11.0 Å². The molecule has 3 N–H and O–H groups in total. The van der Waals surface area contributed by atoms with Crippen molar-refractivity contribution >= 4 is 11.8 Å². The third-order valence-corrected chi connectivity index (χ3v) is 5.70. The number of carbonyl (C=O) groups is 2. The smallest absolute Gasteiger partial charge is 0.253 e. The van der Waals surface area contributed by atoms with Crippen molar-refractivity contribution in [1.29, 1.82) is 0 Å². The molecule has 2 aromatic rings. The highest BCUT2D eigenvalue weighted by Gasteiger charge is 2.20. The second-order valence-corrected chi connectivity index (χ2v) is 7.94. The molecule has 1 aliphatic heterocycles. The van der Waals surface area contributed by atoms with E-state index in [1.54, 1.807) is 11.9 Å². The Balaban J connectivity index is 1.67. The summed E-state index contributed by atoms with van der Waals surface area (Å²) in [5, 5.41) is 9.13. The Kier molecular flexibility index (Phi) is 8.17. The molecule has 1 heterocycles. The third kappa shape index (κ3) is 6.13. The van der Waals surface area contributed by atoms with Gasteiger partial charge in [-0.05, 0) is 47.9 Å². The van der Waals surface area contributed by atoms with Gasteiger partial charge >= 0.3 is 0 Å². The van der Waals surface area contributed by atoms with Gasteiger partial charge in [-0.2, -0.15) is 0 Å². The van der Waals surface area contributed by atoms with E-state index >= 15 is 0 Å². The van der Waals surface area contributed by atoms with Gasteiger partial charge in [0.1, 0.15) is 0 Å². The van der Waals surface area contributed by atoms with Crippen LogP contribution in [-0.4, -0.2) is 84.5 Å². The van der Waals surface area contributed by atoms with Crippen molar-refractivity contribution in [3.63, 3.8) is 0 Å². The minimum absolute atomic E-state index is 0.00215. The number of nitrogens with two attached hydrogens (primary N) is 1. The minimum Gasteiger partial charge on any atom is -0.395 e. The normalized spacial score (nSPS) is 14.9. The predicted molar refractivity (Wildman–Crippen MR) is 121 cm³/mol. The van der Waals surface area contributed by atoms with Crippen molar-refractivity contribution in [2.45, 2.75) is 13.0 Å². The fourth-order valence-corrected chi connectivity index (χ4v) is 3.89. The van der Waals surface area contributed by atoms with Crippen LogP contribution in [0, 0.1) is 0 Å². The average Bonchev–Trinajstić information content (AvgIpc) is 3.04. The Labute approximate surface area is 184 Å². The Morgan fingerprint density at radius 1 is 1.03 bits per heavy atom. The van der Waals surface area contributed by atoms with Crippen LogP contribution in [0.25, 0.3) is 11.1 Å². The maximum atomic E-state index is 12.9. The number of benzene rings is 2. The van der Waals surface area contributed by atoms with Gasteiger partial charge in [0, 0.05) is 45.3 Å². The van der Waals surface area contributed by atoms with Crippen molar-refractivity contribution in [3.05, 3.63) is 59.7 Å². The monoisotopic (exact) mass is 424 g/mol. The molecule has 0 saturated carbocycles. The number of nitrogens with zero attached hydrogens (tertiary/aromatic N) is 3. The number of hydrogen-bond donors (Lipinski definition) is 2. The summed E-state index contributed by atoms with van der Waals surface area (Å²) in [5.74, 6) is -0.0469. The van der Waals surface area contributed by atoms with Crippen molar-refractivity contribution in [1.82, 2.24) is 14.7 Å². The third-order valence-electron chi connectivity index (χ3n) is 5.70. The zero-order valence-corrected chi connectivity index (χ0v) is 18.2. The van der Waals surface area contributed by atoms with Crippen LogP contribution in [0.1, 0.15) is 22.3 Å². The number of carbonyl (C=O) groups excluding carboxylic acids is 2. The van der Waals surface area contributed by atoms with Crippen LogP contribution < -0.4 is 5.73 Å². The van der Waals surface area contributed by atoms with Crippen molar-refractivity contribution < 1.29 is 14.7 Å². The minimum atomic E-state index is -0.0961. The summed E-state index contributed by atoms with van der Waals surface area (Å²) in [4.78, 5) is 30.4. The number of aliphatic hydroxyl groups is 1. The van der Waals surface area contributed by atoms with Gasteiger partial charge in [-0.3, -0.25) is 14.5 Å². The highest BCUT2D eigenvalue weighted by molar-refractivity contribution is 5.94. The molecule has 31 heavy (non-hydrogen) atoms. The van der Waals surface area contributed by atoms with Crippen molar-refractivity contribution in [2.75, 3.05) is 52.9 Å². The van der Waals surface area contributed by atoms with Crippen molar-refractivity contribution in [3.8, 4) is 11.1 Å². The molecule has 0 unspecified atom stereocenters. The molecule has 0 aliphatic carbocycles. The molecule has 0 radical (unpaired) electrons. The molecule has 0 bridgehead atoms. The molecule has 7 heteroatoms. The SMILES string of the molecule is CN(Cc1cccc(-c2ccc(C(=O)N3CCCN(CCO)CC3)cc2)c1)C(=O)CN. The van der Waals surface area contributed by atoms with Crippen LogP contribution in [0.4, 0.5) is 0 Å². The summed E-state index contributed by atoms with van der Waals surface area (Å²) in [7, 11) is 1.74. The Bertz CT molecular complexity index is 885. The Morgan fingerprint density at radius 2 is 1.81 bits per heavy atom. The lowest BCUT2D eigenvalue weighted by Crippen LogP contribution is -2.35. The molecule has 7 nitrogen and oxygen atoms in total. The fraction of sp³-hybridized carbons (Fsp3) is 0.417. The first-order valence-electron chi connectivity index (χ1n) is 10.8. The fourth-order valence-electron chi connectivity index (χ4n) is 3.89. The van der Waals surface area contributed by atoms with E-state index in [9.17, 15) is 9.59 Å². The number of β-amino-alcohol motifs (C(OH)–C–C–N with tert-alkyl or cyclic N) is 1. The lowest BCUT2D eigenvalue weighted by atomic mass is 10.0. The van der Waals surface area contributed by atoms with E-state index in [0.717, 1.165) is 42.7 Å². The van der Waals surface area contributed by atoms with Crippen molar-refractivity contribution in [2.24, 2.45) is 5.73 Å². The number of hydrogen-bond acceptors (Lipinski definition) is 5. The molecular weight excluding hydrogens is 392 g/mol. The largest absolute Gasteiger partial charge is 0.395 e. The first-order valence-corrected chi connectivity index (χ1v) is 10.8. The van der Waals surface area contributed by atoms with E-state index in [-0.39, 0.29) is 25.0 Å². The molecule has 0 atom stereocenters. The zero-order valence-electron chi connectivity index (χ0n) is 18.2. The van der Waals surface area contributed by atoms with E-state index in [1.807, 2.05) is 47.4 Å². The van der Waals surface area contributed by atoms with Gasteiger partial charge in [0.05, 0.1) is 13.2 Å². The Hall–Kier alpha value is -2.74. The lowest BCUT2D eigenvalue weighted by Gasteiger charge is -2.21. The maximum Gasteiger partial charge on any atom is 0.253 e. The first kappa shape index (κ1) is 22.9. The second kappa shape index (κ2) is 11.0. The molecule has 0 spiro atoms. The topological polar surface area (TPSA) is 90.1 Å². The van der Waals surface area contributed by atoms with E-state index in [0.29, 0.717) is 25.2 Å². The molecule has 1 fully saturated rings. The van der Waals surface area contributed by atoms with Crippen LogP contribution in [0.15, 0.2) is 48.5 Å². The van der Waals surface area contributed by atoms with Gasteiger partial charge in [0.2, 0.25) is 5.91 Å². The zero-order chi connectivity index (χ0) is 22.2. The molecule has 0 aromatic heterocycles. The summed E-state index contributed by atoms with van der Waals surface area (Å²) in [5.41, 5.74) is 9.21. The standard InChI is InChI=1S/C24H32N4O3/c1-26(23(30)17-25)18-19-4-2-5-22(16-19)20-6-8-21(9-7-20)24(31)28-11-3-10-27(12-13-28)14-15-29/h2,4-9,16,29H,3,10-15,17-18,25H2,1H3. The van der Waals surface area contributed by atoms with Gasteiger partial charge in [0.25, 0.3) is 5.91 Å². The van der Waals surface area contributed by atoms with E-state index in [4.69, 9.17) is 10.8 Å². The second-order valence-electron chi connectivity index (χ2n) is 7.94. The van der Waals surface area contributed by atoms with Crippen LogP contribution in [0.2, 0.25) is 0 Å². The molecule has 3 rings (SSSR count). The van der Waals surface area contributed by atoms with Gasteiger partial charge in [-0.1, -0.05) is 30.3 Å². The highest BCUT2D eigenvalue weighted by atomic mass is 16.3. The Morgan fingerprint density at radius 3 is 2.52 bits per heavy atom. The lowest BCUT2D eigenvalue weighted by molar-refractivity contribution is -0.128. The molecular formula is C24H32N4O3. The number of rotatable bonds is 7. The number of likely N-dealkylation sites (N-methyl/N-ethyl adjacent to an activating group) is 1. The summed E-state index contributed by atoms with van der Waals surface area (Å²) < 4.78 is 0. The number of amides is 2.